The first-order chi connectivity index (χ1) is 12.5. The third-order valence-corrected chi connectivity index (χ3v) is 4.75. The van der Waals surface area contributed by atoms with Gasteiger partial charge in [0.1, 0.15) is 0 Å². The number of aromatic nitrogens is 4. The van der Waals surface area contributed by atoms with Crippen LogP contribution in [0.1, 0.15) is 40.5 Å². The van der Waals surface area contributed by atoms with Gasteiger partial charge in [-0.05, 0) is 42.5 Å². The zero-order valence-electron chi connectivity index (χ0n) is 14.4. The minimum absolute atomic E-state index is 0.0967. The minimum Gasteiger partial charge on any atom is -0.476 e. The lowest BCUT2D eigenvalue weighted by Crippen LogP contribution is -2.20. The van der Waals surface area contributed by atoms with E-state index in [1.807, 2.05) is 10.6 Å². The van der Waals surface area contributed by atoms with E-state index in [-0.39, 0.29) is 12.2 Å². The molecule has 4 rings (SSSR count). The van der Waals surface area contributed by atoms with Gasteiger partial charge in [-0.3, -0.25) is 0 Å². The Morgan fingerprint density at radius 3 is 2.85 bits per heavy atom. The number of hydrogen-bond acceptors (Lipinski definition) is 5. The number of aliphatic hydroxyl groups excluding tert-OH is 1. The number of hydrogen-bond donors (Lipinski definition) is 2. The maximum atomic E-state index is 11.0. The number of fused-ring (bicyclic) bond motifs is 1. The first-order valence-electron chi connectivity index (χ1n) is 8.51. The molecule has 8 heteroatoms. The number of benzene rings is 1. The van der Waals surface area contributed by atoms with Gasteiger partial charge in [0.05, 0.1) is 19.3 Å². The van der Waals surface area contributed by atoms with Crippen LogP contribution in [0, 0.1) is 0 Å². The highest BCUT2D eigenvalue weighted by molar-refractivity contribution is 5.84. The zero-order valence-corrected chi connectivity index (χ0v) is 14.4. The average Bonchev–Trinajstić information content (AvgIpc) is 3.29. The van der Waals surface area contributed by atoms with Crippen LogP contribution in [0.15, 0.2) is 30.5 Å². The molecule has 3 aromatic rings. The highest BCUT2D eigenvalue weighted by atomic mass is 16.6. The molecule has 1 atom stereocenters. The Morgan fingerprint density at radius 1 is 1.38 bits per heavy atom. The van der Waals surface area contributed by atoms with Gasteiger partial charge in [0.2, 0.25) is 0 Å². The molecule has 0 spiro atoms. The number of aromatic carboxylic acids is 1. The van der Waals surface area contributed by atoms with Crippen LogP contribution in [0.25, 0.3) is 10.9 Å². The Balaban J connectivity index is 1.72. The van der Waals surface area contributed by atoms with Crippen molar-refractivity contribution in [3.63, 3.8) is 0 Å². The maximum absolute atomic E-state index is 11.0. The summed E-state index contributed by atoms with van der Waals surface area (Å²) in [6.07, 6.45) is 2.93. The van der Waals surface area contributed by atoms with E-state index in [0.717, 1.165) is 16.6 Å². The van der Waals surface area contributed by atoms with Crippen molar-refractivity contribution in [2.24, 2.45) is 0 Å². The molecular formula is C18H20N4O4. The molecule has 2 aromatic heterocycles. The monoisotopic (exact) mass is 356 g/mol. The minimum atomic E-state index is -1.11. The number of ether oxygens (including phenoxy) is 1. The topological polar surface area (TPSA) is 102 Å². The van der Waals surface area contributed by atoms with E-state index in [9.17, 15) is 9.90 Å². The first kappa shape index (κ1) is 16.7. The number of nitrogens with zero attached hydrogens (tertiary/aromatic N) is 4. The SMILES string of the molecule is COC(O)Cn1c(Cn2cc(C(=O)O)nn2)cc2cc(C3CC3)ccc21. The lowest BCUT2D eigenvalue weighted by molar-refractivity contribution is -0.0831. The van der Waals surface area contributed by atoms with E-state index in [1.165, 1.54) is 36.4 Å². The molecule has 1 aliphatic carbocycles. The van der Waals surface area contributed by atoms with Gasteiger partial charge in [-0.25, -0.2) is 9.48 Å². The lowest BCUT2D eigenvalue weighted by Gasteiger charge is -2.14. The smallest absolute Gasteiger partial charge is 0.358 e. The van der Waals surface area contributed by atoms with Gasteiger partial charge in [0, 0.05) is 23.7 Å². The van der Waals surface area contributed by atoms with Crippen LogP contribution in [-0.2, 0) is 17.8 Å². The van der Waals surface area contributed by atoms with E-state index in [2.05, 4.69) is 28.5 Å². The molecule has 1 unspecified atom stereocenters. The Hall–Kier alpha value is -2.71. The molecule has 1 aliphatic rings. The van der Waals surface area contributed by atoms with Crippen molar-refractivity contribution in [3.05, 3.63) is 47.4 Å². The molecule has 1 saturated carbocycles. The molecule has 2 N–H and O–H groups in total. The molecule has 136 valence electrons. The predicted octanol–water partition coefficient (Wildman–Crippen LogP) is 1.82. The second-order valence-corrected chi connectivity index (χ2v) is 6.64. The number of methoxy groups -OCH3 is 1. The molecule has 0 radical (unpaired) electrons. The number of rotatable bonds is 7. The fourth-order valence-electron chi connectivity index (χ4n) is 3.23. The maximum Gasteiger partial charge on any atom is 0.358 e. The van der Waals surface area contributed by atoms with Crippen molar-refractivity contribution in [1.82, 2.24) is 19.6 Å². The van der Waals surface area contributed by atoms with Gasteiger partial charge in [0.25, 0.3) is 0 Å². The van der Waals surface area contributed by atoms with E-state index in [1.54, 1.807) is 0 Å². The number of carboxylic acids is 1. The van der Waals surface area contributed by atoms with E-state index >= 15 is 0 Å². The summed E-state index contributed by atoms with van der Waals surface area (Å²) in [6.45, 7) is 0.628. The van der Waals surface area contributed by atoms with Crippen LogP contribution in [0.5, 0.6) is 0 Å². The molecule has 0 aliphatic heterocycles. The Labute approximate surface area is 149 Å². The zero-order chi connectivity index (χ0) is 18.3. The molecule has 26 heavy (non-hydrogen) atoms. The molecule has 0 saturated heterocycles. The third kappa shape index (κ3) is 3.21. The Kier molecular flexibility index (Phi) is 4.21. The second-order valence-electron chi connectivity index (χ2n) is 6.64. The second kappa shape index (κ2) is 6.54. The molecule has 1 fully saturated rings. The third-order valence-electron chi connectivity index (χ3n) is 4.75. The lowest BCUT2D eigenvalue weighted by atomic mass is 10.1. The highest BCUT2D eigenvalue weighted by Gasteiger charge is 2.24. The molecular weight excluding hydrogens is 336 g/mol. The van der Waals surface area contributed by atoms with Gasteiger partial charge >= 0.3 is 5.97 Å². The van der Waals surface area contributed by atoms with Crippen molar-refractivity contribution < 1.29 is 19.7 Å². The molecule has 0 bridgehead atoms. The predicted molar refractivity (Wildman–Crippen MR) is 93.0 cm³/mol. The van der Waals surface area contributed by atoms with Crippen molar-refractivity contribution in [3.8, 4) is 0 Å². The summed E-state index contributed by atoms with van der Waals surface area (Å²) in [7, 11) is 1.46. The van der Waals surface area contributed by atoms with E-state index < -0.39 is 12.3 Å². The standard InChI is InChI=1S/C18H20N4O4/c1-26-17(23)10-22-14(8-21-9-15(18(24)25)19-20-21)7-13-6-12(11-2-3-11)4-5-16(13)22/h4-7,9,11,17,23H,2-3,8,10H2,1H3,(H,24,25). The molecule has 1 aromatic carbocycles. The van der Waals surface area contributed by atoms with Crippen LogP contribution < -0.4 is 0 Å². The van der Waals surface area contributed by atoms with Gasteiger partial charge < -0.3 is 19.5 Å². The summed E-state index contributed by atoms with van der Waals surface area (Å²) < 4.78 is 8.46. The normalized spacial score (nSPS) is 15.5. The summed E-state index contributed by atoms with van der Waals surface area (Å²) in [6, 6.07) is 8.44. The summed E-state index contributed by atoms with van der Waals surface area (Å²) >= 11 is 0. The van der Waals surface area contributed by atoms with Crippen molar-refractivity contribution in [2.45, 2.75) is 38.1 Å². The number of carboxylic acid groups (broad SMARTS) is 1. The summed E-state index contributed by atoms with van der Waals surface area (Å²) in [5.41, 5.74) is 3.13. The molecule has 8 nitrogen and oxygen atoms in total. The van der Waals surface area contributed by atoms with Crippen molar-refractivity contribution >= 4 is 16.9 Å². The fraction of sp³-hybridized carbons (Fsp3) is 0.389. The summed E-state index contributed by atoms with van der Waals surface area (Å²) in [5.74, 6) is -0.454. The quantitative estimate of drug-likeness (QED) is 0.626. The molecule has 0 amide bonds. The van der Waals surface area contributed by atoms with Gasteiger partial charge in [-0.15, -0.1) is 5.10 Å². The van der Waals surface area contributed by atoms with Crippen molar-refractivity contribution in [1.29, 1.82) is 0 Å². The van der Waals surface area contributed by atoms with Crippen molar-refractivity contribution in [2.75, 3.05) is 7.11 Å². The van der Waals surface area contributed by atoms with Crippen LogP contribution in [0.2, 0.25) is 0 Å². The van der Waals surface area contributed by atoms with Gasteiger partial charge in [-0.2, -0.15) is 0 Å². The van der Waals surface area contributed by atoms with Crippen LogP contribution in [0.3, 0.4) is 0 Å². The molecule has 2 heterocycles. The van der Waals surface area contributed by atoms with Gasteiger partial charge in [0.15, 0.2) is 12.0 Å². The van der Waals surface area contributed by atoms with E-state index in [0.29, 0.717) is 12.5 Å². The summed E-state index contributed by atoms with van der Waals surface area (Å²) in [5, 5.41) is 27.6. The largest absolute Gasteiger partial charge is 0.476 e. The van der Waals surface area contributed by atoms with Crippen LogP contribution in [-0.4, -0.2) is 49.1 Å². The highest BCUT2D eigenvalue weighted by Crippen LogP contribution is 2.41. The Bertz CT molecular complexity index is 957. The fourth-order valence-corrected chi connectivity index (χ4v) is 3.23. The first-order valence-corrected chi connectivity index (χ1v) is 8.51. The van der Waals surface area contributed by atoms with Crippen LogP contribution in [0.4, 0.5) is 0 Å². The summed E-state index contributed by atoms with van der Waals surface area (Å²) in [4.78, 5) is 11.0. The van der Waals surface area contributed by atoms with E-state index in [4.69, 9.17) is 9.84 Å². The average molecular weight is 356 g/mol. The number of aliphatic hydroxyl groups is 1. The van der Waals surface area contributed by atoms with Crippen LogP contribution >= 0.6 is 0 Å². The number of carbonyl (C=O) groups is 1. The van der Waals surface area contributed by atoms with Gasteiger partial charge in [-0.1, -0.05) is 11.3 Å². The Morgan fingerprint density at radius 2 is 2.19 bits per heavy atom.